The highest BCUT2D eigenvalue weighted by Gasteiger charge is 2.15. The standard InChI is InChI=1S/C14H18N2O2/c1-10(17)9-15-12(3)11(2)14(18)16(15)13-7-5-4-6-8-13/h4-8,10,17H,9H2,1-3H3. The summed E-state index contributed by atoms with van der Waals surface area (Å²) in [5, 5.41) is 9.57. The van der Waals surface area contributed by atoms with Crippen LogP contribution in [0.4, 0.5) is 0 Å². The van der Waals surface area contributed by atoms with Crippen molar-refractivity contribution < 1.29 is 5.11 Å². The van der Waals surface area contributed by atoms with E-state index in [1.54, 1.807) is 11.6 Å². The summed E-state index contributed by atoms with van der Waals surface area (Å²) < 4.78 is 3.45. The van der Waals surface area contributed by atoms with Crippen LogP contribution in [0.5, 0.6) is 0 Å². The van der Waals surface area contributed by atoms with E-state index in [4.69, 9.17) is 0 Å². The summed E-state index contributed by atoms with van der Waals surface area (Å²) in [6.07, 6.45) is -0.495. The molecule has 0 saturated heterocycles. The quantitative estimate of drug-likeness (QED) is 0.895. The first-order chi connectivity index (χ1) is 8.52. The summed E-state index contributed by atoms with van der Waals surface area (Å²) in [4.78, 5) is 12.3. The van der Waals surface area contributed by atoms with Gasteiger partial charge < -0.3 is 5.11 Å². The van der Waals surface area contributed by atoms with E-state index in [-0.39, 0.29) is 5.56 Å². The van der Waals surface area contributed by atoms with E-state index in [0.29, 0.717) is 6.54 Å². The molecule has 18 heavy (non-hydrogen) atoms. The van der Waals surface area contributed by atoms with Gasteiger partial charge in [-0.15, -0.1) is 0 Å². The summed E-state index contributed by atoms with van der Waals surface area (Å²) in [7, 11) is 0. The topological polar surface area (TPSA) is 47.2 Å². The Labute approximate surface area is 106 Å². The second kappa shape index (κ2) is 4.82. The first-order valence-electron chi connectivity index (χ1n) is 6.05. The molecule has 0 bridgehead atoms. The Balaban J connectivity index is 2.66. The molecule has 4 heteroatoms. The Kier molecular flexibility index (Phi) is 3.39. The lowest BCUT2D eigenvalue weighted by molar-refractivity contribution is 0.164. The highest BCUT2D eigenvalue weighted by Crippen LogP contribution is 2.11. The van der Waals surface area contributed by atoms with Crippen LogP contribution in [0.15, 0.2) is 35.1 Å². The van der Waals surface area contributed by atoms with Crippen molar-refractivity contribution >= 4 is 0 Å². The molecule has 1 aromatic heterocycles. The van der Waals surface area contributed by atoms with Gasteiger partial charge in [-0.2, -0.15) is 0 Å². The lowest BCUT2D eigenvalue weighted by Gasteiger charge is -2.15. The molecule has 1 atom stereocenters. The number of aromatic nitrogens is 2. The number of nitrogens with zero attached hydrogens (tertiary/aromatic N) is 2. The molecule has 2 aromatic rings. The molecule has 0 aliphatic carbocycles. The van der Waals surface area contributed by atoms with Crippen LogP contribution in [-0.4, -0.2) is 20.6 Å². The van der Waals surface area contributed by atoms with E-state index in [2.05, 4.69) is 0 Å². The van der Waals surface area contributed by atoms with E-state index >= 15 is 0 Å². The van der Waals surface area contributed by atoms with E-state index < -0.39 is 6.10 Å². The Morgan fingerprint density at radius 3 is 2.39 bits per heavy atom. The largest absolute Gasteiger partial charge is 0.391 e. The first-order valence-corrected chi connectivity index (χ1v) is 6.05. The summed E-state index contributed by atoms with van der Waals surface area (Å²) in [5.41, 5.74) is 2.41. The summed E-state index contributed by atoms with van der Waals surface area (Å²) in [6.45, 7) is 5.84. The molecule has 96 valence electrons. The fourth-order valence-electron chi connectivity index (χ4n) is 2.06. The molecule has 1 aromatic carbocycles. The molecule has 0 amide bonds. The Bertz CT molecular complexity index is 594. The molecule has 0 aliphatic heterocycles. The van der Waals surface area contributed by atoms with Crippen LogP contribution >= 0.6 is 0 Å². The van der Waals surface area contributed by atoms with Crippen molar-refractivity contribution in [2.45, 2.75) is 33.4 Å². The second-order valence-electron chi connectivity index (χ2n) is 4.59. The Hall–Kier alpha value is -1.81. The summed E-state index contributed by atoms with van der Waals surface area (Å²) in [5.74, 6) is 0. The van der Waals surface area contributed by atoms with Crippen molar-refractivity contribution in [2.24, 2.45) is 0 Å². The molecule has 2 rings (SSSR count). The van der Waals surface area contributed by atoms with Crippen LogP contribution in [0, 0.1) is 13.8 Å². The SMILES string of the molecule is Cc1c(C)n(CC(C)O)n(-c2ccccc2)c1=O. The van der Waals surface area contributed by atoms with Crippen LogP contribution in [0.1, 0.15) is 18.2 Å². The highest BCUT2D eigenvalue weighted by atomic mass is 16.3. The van der Waals surface area contributed by atoms with Crippen molar-refractivity contribution in [1.82, 2.24) is 9.36 Å². The van der Waals surface area contributed by atoms with E-state index in [0.717, 1.165) is 16.9 Å². The molecule has 0 saturated carbocycles. The number of benzene rings is 1. The van der Waals surface area contributed by atoms with Gasteiger partial charge in [0.2, 0.25) is 0 Å². The van der Waals surface area contributed by atoms with Crippen LogP contribution in [-0.2, 0) is 6.54 Å². The van der Waals surface area contributed by atoms with Crippen molar-refractivity contribution in [1.29, 1.82) is 0 Å². The van der Waals surface area contributed by atoms with Gasteiger partial charge in [0.05, 0.1) is 18.3 Å². The lowest BCUT2D eigenvalue weighted by Crippen LogP contribution is -2.25. The van der Waals surface area contributed by atoms with E-state index in [9.17, 15) is 9.90 Å². The molecule has 0 aliphatic rings. The van der Waals surface area contributed by atoms with Crippen LogP contribution in [0.2, 0.25) is 0 Å². The van der Waals surface area contributed by atoms with Crippen molar-refractivity contribution in [3.8, 4) is 5.69 Å². The molecule has 0 radical (unpaired) electrons. The minimum Gasteiger partial charge on any atom is -0.391 e. The third-order valence-corrected chi connectivity index (χ3v) is 3.12. The van der Waals surface area contributed by atoms with Gasteiger partial charge in [0, 0.05) is 11.3 Å². The van der Waals surface area contributed by atoms with Gasteiger partial charge in [-0.3, -0.25) is 9.48 Å². The molecular weight excluding hydrogens is 228 g/mol. The lowest BCUT2D eigenvalue weighted by atomic mass is 10.3. The fourth-order valence-corrected chi connectivity index (χ4v) is 2.06. The highest BCUT2D eigenvalue weighted by molar-refractivity contribution is 5.33. The maximum Gasteiger partial charge on any atom is 0.274 e. The Morgan fingerprint density at radius 2 is 1.83 bits per heavy atom. The first kappa shape index (κ1) is 12.6. The molecule has 0 spiro atoms. The number of aliphatic hydroxyl groups excluding tert-OH is 1. The smallest absolute Gasteiger partial charge is 0.274 e. The molecule has 4 nitrogen and oxygen atoms in total. The van der Waals surface area contributed by atoms with Crippen molar-refractivity contribution in [2.75, 3.05) is 0 Å². The van der Waals surface area contributed by atoms with E-state index in [1.165, 1.54) is 0 Å². The minimum atomic E-state index is -0.495. The third kappa shape index (κ3) is 2.11. The summed E-state index contributed by atoms with van der Waals surface area (Å²) in [6, 6.07) is 9.48. The normalized spacial score (nSPS) is 12.7. The average Bonchev–Trinajstić information content (AvgIpc) is 2.55. The number of hydrogen-bond donors (Lipinski definition) is 1. The minimum absolute atomic E-state index is 0.0284. The zero-order chi connectivity index (χ0) is 13.3. The predicted molar refractivity (Wildman–Crippen MR) is 71.2 cm³/mol. The number of hydrogen-bond acceptors (Lipinski definition) is 2. The van der Waals surface area contributed by atoms with E-state index in [1.807, 2.05) is 48.9 Å². The van der Waals surface area contributed by atoms with Crippen molar-refractivity contribution in [3.05, 3.63) is 51.9 Å². The third-order valence-electron chi connectivity index (χ3n) is 3.12. The van der Waals surface area contributed by atoms with Gasteiger partial charge in [-0.25, -0.2) is 4.68 Å². The second-order valence-corrected chi connectivity index (χ2v) is 4.59. The maximum atomic E-state index is 12.3. The summed E-state index contributed by atoms with van der Waals surface area (Å²) >= 11 is 0. The molecule has 1 N–H and O–H groups in total. The average molecular weight is 246 g/mol. The van der Waals surface area contributed by atoms with Gasteiger partial charge in [-0.1, -0.05) is 18.2 Å². The molecule has 1 unspecified atom stereocenters. The predicted octanol–water partition coefficient (Wildman–Crippen LogP) is 1.64. The number of para-hydroxylation sites is 1. The number of aliphatic hydroxyl groups is 1. The molecular formula is C14H18N2O2. The van der Waals surface area contributed by atoms with Gasteiger partial charge in [0.1, 0.15) is 0 Å². The number of rotatable bonds is 3. The van der Waals surface area contributed by atoms with Crippen molar-refractivity contribution in [3.63, 3.8) is 0 Å². The Morgan fingerprint density at radius 1 is 1.22 bits per heavy atom. The van der Waals surface area contributed by atoms with Crippen LogP contribution in [0.3, 0.4) is 0 Å². The van der Waals surface area contributed by atoms with Gasteiger partial charge in [0.25, 0.3) is 5.56 Å². The zero-order valence-corrected chi connectivity index (χ0v) is 10.9. The van der Waals surface area contributed by atoms with Crippen LogP contribution in [0.25, 0.3) is 5.69 Å². The zero-order valence-electron chi connectivity index (χ0n) is 10.9. The van der Waals surface area contributed by atoms with Gasteiger partial charge in [0.15, 0.2) is 0 Å². The molecule has 1 heterocycles. The maximum absolute atomic E-state index is 12.3. The monoisotopic (exact) mass is 246 g/mol. The van der Waals surface area contributed by atoms with Gasteiger partial charge in [-0.05, 0) is 32.9 Å². The fraction of sp³-hybridized carbons (Fsp3) is 0.357. The van der Waals surface area contributed by atoms with Crippen LogP contribution < -0.4 is 5.56 Å². The van der Waals surface area contributed by atoms with Gasteiger partial charge >= 0.3 is 0 Å². The molecule has 0 fully saturated rings.